The van der Waals surface area contributed by atoms with Gasteiger partial charge in [-0.05, 0) is 66.6 Å². The molecule has 1 aromatic heterocycles. The third-order valence-corrected chi connectivity index (χ3v) is 7.53. The van der Waals surface area contributed by atoms with E-state index in [0.717, 1.165) is 41.0 Å². The number of fused-ring (bicyclic) bond motifs is 1. The van der Waals surface area contributed by atoms with Gasteiger partial charge >= 0.3 is 0 Å². The van der Waals surface area contributed by atoms with Crippen molar-refractivity contribution in [3.05, 3.63) is 89.4 Å². The highest BCUT2D eigenvalue weighted by atomic mass is 16.5. The van der Waals surface area contributed by atoms with Crippen molar-refractivity contribution in [3.63, 3.8) is 0 Å². The molecule has 6 rings (SSSR count). The van der Waals surface area contributed by atoms with Crippen molar-refractivity contribution in [3.8, 4) is 11.5 Å². The minimum Gasteiger partial charge on any atom is -0.493 e. The van der Waals surface area contributed by atoms with E-state index in [0.29, 0.717) is 29.9 Å². The first-order valence-electron chi connectivity index (χ1n) is 12.7. The van der Waals surface area contributed by atoms with Crippen molar-refractivity contribution in [2.75, 3.05) is 24.4 Å². The number of ether oxygens (including phenoxy) is 2. The number of carbonyl (C=O) groups excluding carboxylic acids is 2. The van der Waals surface area contributed by atoms with Crippen LogP contribution in [0.3, 0.4) is 0 Å². The normalized spacial score (nSPS) is 20.9. The van der Waals surface area contributed by atoms with Crippen LogP contribution < -0.4 is 19.7 Å². The molecule has 0 radical (unpaired) electrons. The third-order valence-electron chi connectivity index (χ3n) is 7.53. The van der Waals surface area contributed by atoms with Gasteiger partial charge in [0.1, 0.15) is 0 Å². The first-order valence-corrected chi connectivity index (χ1v) is 12.7. The Morgan fingerprint density at radius 3 is 2.51 bits per heavy atom. The van der Waals surface area contributed by atoms with E-state index in [2.05, 4.69) is 10.3 Å². The second-order valence-corrected chi connectivity index (χ2v) is 9.85. The Bertz CT molecular complexity index is 1400. The summed E-state index contributed by atoms with van der Waals surface area (Å²) in [6.45, 7) is 0. The average Bonchev–Trinajstić information content (AvgIpc) is 3.79. The van der Waals surface area contributed by atoms with E-state index in [1.807, 2.05) is 59.5 Å². The summed E-state index contributed by atoms with van der Waals surface area (Å²) >= 11 is 0. The maximum absolute atomic E-state index is 14.0. The van der Waals surface area contributed by atoms with Crippen molar-refractivity contribution >= 4 is 23.1 Å². The molecule has 2 aromatic carbocycles. The van der Waals surface area contributed by atoms with E-state index in [4.69, 9.17) is 9.47 Å². The zero-order valence-electron chi connectivity index (χ0n) is 20.9. The van der Waals surface area contributed by atoms with E-state index < -0.39 is 6.04 Å². The number of rotatable bonds is 5. The first kappa shape index (κ1) is 23.3. The Balaban J connectivity index is 1.49. The number of ketones is 1. The van der Waals surface area contributed by atoms with E-state index in [1.165, 1.54) is 0 Å². The van der Waals surface area contributed by atoms with Gasteiger partial charge in [-0.25, -0.2) is 0 Å². The van der Waals surface area contributed by atoms with Gasteiger partial charge in [-0.1, -0.05) is 24.3 Å². The molecule has 3 aromatic rings. The first-order chi connectivity index (χ1) is 18.1. The fourth-order valence-corrected chi connectivity index (χ4v) is 5.56. The molecule has 7 heteroatoms. The van der Waals surface area contributed by atoms with Crippen LogP contribution >= 0.6 is 0 Å². The van der Waals surface area contributed by atoms with Crippen LogP contribution in [0, 0.1) is 5.92 Å². The van der Waals surface area contributed by atoms with Gasteiger partial charge < -0.3 is 14.8 Å². The molecule has 3 aliphatic rings. The van der Waals surface area contributed by atoms with E-state index >= 15 is 0 Å². The number of amides is 1. The average molecular weight is 496 g/mol. The third kappa shape index (κ3) is 4.14. The van der Waals surface area contributed by atoms with Gasteiger partial charge in [0.25, 0.3) is 0 Å². The number of hydrogen-bond acceptors (Lipinski definition) is 6. The number of benzene rings is 2. The molecule has 1 N–H and O–H groups in total. The summed E-state index contributed by atoms with van der Waals surface area (Å²) in [6.07, 6.45) is 6.22. The van der Waals surface area contributed by atoms with Crippen molar-refractivity contribution in [1.82, 2.24) is 4.98 Å². The van der Waals surface area contributed by atoms with Crippen LogP contribution in [0.5, 0.6) is 11.5 Å². The monoisotopic (exact) mass is 495 g/mol. The fraction of sp³-hybridized carbons (Fsp3) is 0.300. The second-order valence-electron chi connectivity index (χ2n) is 9.85. The molecule has 1 saturated carbocycles. The zero-order valence-corrected chi connectivity index (χ0v) is 20.9. The highest BCUT2D eigenvalue weighted by Crippen LogP contribution is 2.49. The molecule has 2 aliphatic carbocycles. The van der Waals surface area contributed by atoms with Gasteiger partial charge in [0.15, 0.2) is 17.3 Å². The second kappa shape index (κ2) is 9.39. The van der Waals surface area contributed by atoms with E-state index in [1.54, 1.807) is 26.6 Å². The number of methoxy groups -OCH3 is 2. The summed E-state index contributed by atoms with van der Waals surface area (Å²) in [5, 5.41) is 3.58. The number of aromatic nitrogens is 1. The summed E-state index contributed by atoms with van der Waals surface area (Å²) < 4.78 is 10.9. The minimum atomic E-state index is -0.535. The smallest absolute Gasteiger partial charge is 0.231 e. The molecule has 188 valence electrons. The quantitative estimate of drug-likeness (QED) is 0.510. The molecule has 1 aliphatic heterocycles. The molecule has 0 saturated heterocycles. The standard InChI is InChI=1S/C30H29N3O4/c1-36-26-12-11-19(16-27(26)37-2)21-14-23-28(25(34)15-21)29(20-6-5-13-31-17-20)33(30(35)18-9-10-18)24-8-4-3-7-22(24)32-23/h3-8,11-13,16-18,21,29,32H,9-10,14-15H2,1-2H3/t21-,29+/m1/s1. The summed E-state index contributed by atoms with van der Waals surface area (Å²) in [5.74, 6) is 1.34. The Kier molecular flexibility index (Phi) is 5.91. The Morgan fingerprint density at radius 2 is 1.78 bits per heavy atom. The number of anilines is 2. The Labute approximate surface area is 216 Å². The van der Waals surface area contributed by atoms with Crippen molar-refractivity contribution in [1.29, 1.82) is 0 Å². The number of nitrogens with one attached hydrogen (secondary N) is 1. The molecule has 2 atom stereocenters. The molecule has 0 spiro atoms. The lowest BCUT2D eigenvalue weighted by Gasteiger charge is -2.35. The number of para-hydroxylation sites is 2. The summed E-state index contributed by atoms with van der Waals surface area (Å²) in [4.78, 5) is 34.0. The molecule has 1 fully saturated rings. The summed E-state index contributed by atoms with van der Waals surface area (Å²) in [6, 6.07) is 16.9. The molecular formula is C30H29N3O4. The zero-order chi connectivity index (χ0) is 25.5. The predicted octanol–water partition coefficient (Wildman–Crippen LogP) is 5.41. The van der Waals surface area contributed by atoms with Crippen LogP contribution in [0.2, 0.25) is 0 Å². The summed E-state index contributed by atoms with van der Waals surface area (Å²) in [7, 11) is 3.22. The number of nitrogens with zero attached hydrogens (tertiary/aromatic N) is 2. The van der Waals surface area contributed by atoms with Gasteiger partial charge in [-0.3, -0.25) is 19.5 Å². The predicted molar refractivity (Wildman–Crippen MR) is 141 cm³/mol. The molecular weight excluding hydrogens is 466 g/mol. The molecule has 7 nitrogen and oxygen atoms in total. The number of pyridine rings is 1. The minimum absolute atomic E-state index is 0.00687. The number of hydrogen-bond donors (Lipinski definition) is 1. The van der Waals surface area contributed by atoms with Gasteiger partial charge in [0, 0.05) is 36.0 Å². The fourth-order valence-electron chi connectivity index (χ4n) is 5.56. The van der Waals surface area contributed by atoms with Crippen molar-refractivity contribution in [2.24, 2.45) is 5.92 Å². The van der Waals surface area contributed by atoms with Crippen molar-refractivity contribution in [2.45, 2.75) is 37.6 Å². The maximum atomic E-state index is 14.0. The van der Waals surface area contributed by atoms with Gasteiger partial charge in [0.05, 0.1) is 31.6 Å². The van der Waals surface area contributed by atoms with E-state index in [-0.39, 0.29) is 23.5 Å². The van der Waals surface area contributed by atoms with Crippen LogP contribution in [0.15, 0.2) is 78.3 Å². The van der Waals surface area contributed by atoms with Crippen LogP contribution in [0.25, 0.3) is 0 Å². The molecule has 0 unspecified atom stereocenters. The Hall–Kier alpha value is -4.13. The molecule has 0 bridgehead atoms. The lowest BCUT2D eigenvalue weighted by molar-refractivity contribution is -0.120. The maximum Gasteiger partial charge on any atom is 0.231 e. The molecule has 37 heavy (non-hydrogen) atoms. The number of carbonyl (C=O) groups is 2. The topological polar surface area (TPSA) is 80.8 Å². The molecule has 2 heterocycles. The highest BCUT2D eigenvalue weighted by Gasteiger charge is 2.45. The highest BCUT2D eigenvalue weighted by molar-refractivity contribution is 6.07. The van der Waals surface area contributed by atoms with Crippen LogP contribution in [0.1, 0.15) is 48.8 Å². The van der Waals surface area contributed by atoms with Crippen LogP contribution in [-0.2, 0) is 9.59 Å². The lowest BCUT2D eigenvalue weighted by atomic mass is 9.78. The van der Waals surface area contributed by atoms with Gasteiger partial charge in [-0.15, -0.1) is 0 Å². The number of Topliss-reactive ketones (excluding diaryl/α,β-unsaturated/α-hetero) is 1. The van der Waals surface area contributed by atoms with Crippen LogP contribution in [-0.4, -0.2) is 30.9 Å². The number of allylic oxidation sites excluding steroid dienone is 1. The largest absolute Gasteiger partial charge is 0.493 e. The lowest BCUT2D eigenvalue weighted by Crippen LogP contribution is -2.39. The SMILES string of the molecule is COc1ccc([C@H]2CC(=O)C3=C(C2)Nc2ccccc2N(C(=O)C2CC2)[C@H]3c2cccnc2)cc1OC. The Morgan fingerprint density at radius 1 is 0.973 bits per heavy atom. The van der Waals surface area contributed by atoms with Crippen LogP contribution in [0.4, 0.5) is 11.4 Å². The van der Waals surface area contributed by atoms with Gasteiger partial charge in [-0.2, -0.15) is 0 Å². The summed E-state index contributed by atoms with van der Waals surface area (Å²) in [5.41, 5.74) is 4.97. The van der Waals surface area contributed by atoms with Gasteiger partial charge in [0.2, 0.25) is 5.91 Å². The van der Waals surface area contributed by atoms with E-state index in [9.17, 15) is 9.59 Å². The molecule has 1 amide bonds. The van der Waals surface area contributed by atoms with Crippen molar-refractivity contribution < 1.29 is 19.1 Å².